The van der Waals surface area contributed by atoms with E-state index < -0.39 is 17.7 Å². The molecule has 1 fully saturated rings. The number of rotatable bonds is 7. The Bertz CT molecular complexity index is 1030. The maximum atomic E-state index is 13.0. The Morgan fingerprint density at radius 3 is 2.48 bits per heavy atom. The molecule has 2 aromatic rings. The van der Waals surface area contributed by atoms with Crippen LogP contribution in [0, 0.1) is 0 Å². The number of likely N-dealkylation sites (N-methyl/N-ethyl adjacent to an activating group) is 1. The van der Waals surface area contributed by atoms with Crippen molar-refractivity contribution in [2.24, 2.45) is 0 Å². The number of amides is 1. The highest BCUT2D eigenvalue weighted by molar-refractivity contribution is 6.46. The average Bonchev–Trinajstić information content (AvgIpc) is 3.01. The molecule has 1 atom stereocenters. The summed E-state index contributed by atoms with van der Waals surface area (Å²) in [5, 5.41) is 11.4. The lowest BCUT2D eigenvalue weighted by atomic mass is 9.95. The molecule has 1 aliphatic heterocycles. The molecule has 1 heterocycles. The van der Waals surface area contributed by atoms with E-state index in [-0.39, 0.29) is 16.4 Å². The number of Topliss-reactive ketones (excluding diaryl/α,β-unsaturated/α-hetero) is 1. The lowest BCUT2D eigenvalue weighted by molar-refractivity contribution is -0.140. The number of hydrogen-bond donors (Lipinski definition) is 1. The molecule has 1 saturated heterocycles. The first-order valence-electron chi connectivity index (χ1n) is 9.69. The molecular formula is C23H25ClN2O5. The molecule has 8 heteroatoms. The fraction of sp³-hybridized carbons (Fsp3) is 0.304. The van der Waals surface area contributed by atoms with Crippen molar-refractivity contribution in [1.29, 1.82) is 0 Å². The normalized spacial score (nSPS) is 18.0. The van der Waals surface area contributed by atoms with Gasteiger partial charge >= 0.3 is 0 Å². The van der Waals surface area contributed by atoms with Gasteiger partial charge in [0.05, 0.1) is 30.9 Å². The maximum absolute atomic E-state index is 13.0. The van der Waals surface area contributed by atoms with Crippen LogP contribution in [0.25, 0.3) is 5.76 Å². The summed E-state index contributed by atoms with van der Waals surface area (Å²) in [6.45, 7) is 0.876. The van der Waals surface area contributed by atoms with E-state index in [1.54, 1.807) is 43.5 Å². The molecule has 0 aromatic heterocycles. The fourth-order valence-corrected chi connectivity index (χ4v) is 3.80. The lowest BCUT2D eigenvalue weighted by Crippen LogP contribution is -2.35. The van der Waals surface area contributed by atoms with E-state index in [1.165, 1.54) is 18.1 Å². The van der Waals surface area contributed by atoms with E-state index in [0.29, 0.717) is 35.7 Å². The summed E-state index contributed by atoms with van der Waals surface area (Å²) in [6.07, 6.45) is 0. The molecular weight excluding hydrogens is 420 g/mol. The third-order valence-corrected chi connectivity index (χ3v) is 5.46. The van der Waals surface area contributed by atoms with Crippen LogP contribution < -0.4 is 9.47 Å². The van der Waals surface area contributed by atoms with Gasteiger partial charge in [-0.15, -0.1) is 0 Å². The van der Waals surface area contributed by atoms with Crippen molar-refractivity contribution in [3.63, 3.8) is 0 Å². The van der Waals surface area contributed by atoms with Crippen molar-refractivity contribution >= 4 is 29.1 Å². The number of likely N-dealkylation sites (tertiary alicyclic amines) is 1. The van der Waals surface area contributed by atoms with Gasteiger partial charge < -0.3 is 24.4 Å². The van der Waals surface area contributed by atoms with Gasteiger partial charge in [0, 0.05) is 18.7 Å². The molecule has 0 radical (unpaired) electrons. The van der Waals surface area contributed by atoms with Crippen LogP contribution in [0.5, 0.6) is 11.5 Å². The van der Waals surface area contributed by atoms with Gasteiger partial charge in [-0.1, -0.05) is 23.7 Å². The number of ether oxygens (including phenoxy) is 2. The second-order valence-corrected chi connectivity index (χ2v) is 7.83. The second kappa shape index (κ2) is 9.41. The highest BCUT2D eigenvalue weighted by Gasteiger charge is 2.46. The number of carbonyl (C=O) groups is 2. The van der Waals surface area contributed by atoms with E-state index >= 15 is 0 Å². The molecule has 31 heavy (non-hydrogen) atoms. The number of ketones is 1. The summed E-state index contributed by atoms with van der Waals surface area (Å²) in [7, 11) is 6.80. The van der Waals surface area contributed by atoms with E-state index in [2.05, 4.69) is 0 Å². The quantitative estimate of drug-likeness (QED) is 0.401. The number of aliphatic hydroxyl groups is 1. The van der Waals surface area contributed by atoms with E-state index in [0.717, 1.165) is 0 Å². The number of hydrogen-bond acceptors (Lipinski definition) is 6. The molecule has 164 valence electrons. The van der Waals surface area contributed by atoms with Gasteiger partial charge in [-0.2, -0.15) is 0 Å². The van der Waals surface area contributed by atoms with Crippen LogP contribution in [0.2, 0.25) is 5.02 Å². The van der Waals surface area contributed by atoms with Crippen LogP contribution in [0.3, 0.4) is 0 Å². The van der Waals surface area contributed by atoms with Crippen LogP contribution in [0.4, 0.5) is 0 Å². The Morgan fingerprint density at radius 1 is 1.13 bits per heavy atom. The molecule has 3 rings (SSSR count). The molecule has 0 aliphatic carbocycles. The monoisotopic (exact) mass is 444 g/mol. The van der Waals surface area contributed by atoms with Crippen LogP contribution >= 0.6 is 11.6 Å². The summed E-state index contributed by atoms with van der Waals surface area (Å²) >= 11 is 6.21. The first kappa shape index (κ1) is 22.7. The number of halogens is 1. The van der Waals surface area contributed by atoms with Gasteiger partial charge in [-0.3, -0.25) is 9.59 Å². The third kappa shape index (κ3) is 4.52. The second-order valence-electron chi connectivity index (χ2n) is 7.42. The smallest absolute Gasteiger partial charge is 0.295 e. The first-order valence-corrected chi connectivity index (χ1v) is 10.1. The summed E-state index contributed by atoms with van der Waals surface area (Å²) in [6, 6.07) is 11.1. The van der Waals surface area contributed by atoms with Crippen LogP contribution in [-0.4, -0.2) is 68.0 Å². The van der Waals surface area contributed by atoms with Crippen molar-refractivity contribution in [2.45, 2.75) is 6.04 Å². The zero-order valence-electron chi connectivity index (χ0n) is 17.9. The van der Waals surface area contributed by atoms with Crippen LogP contribution in [-0.2, 0) is 9.59 Å². The highest BCUT2D eigenvalue weighted by Crippen LogP contribution is 2.40. The van der Waals surface area contributed by atoms with Crippen LogP contribution in [0.15, 0.2) is 48.0 Å². The molecule has 1 aliphatic rings. The molecule has 0 bridgehead atoms. The first-order chi connectivity index (χ1) is 14.8. The summed E-state index contributed by atoms with van der Waals surface area (Å²) in [5.41, 5.74) is 1.00. The minimum Gasteiger partial charge on any atom is -0.507 e. The topological polar surface area (TPSA) is 79.3 Å². The van der Waals surface area contributed by atoms with Crippen molar-refractivity contribution in [1.82, 2.24) is 9.80 Å². The fourth-order valence-electron chi connectivity index (χ4n) is 3.55. The maximum Gasteiger partial charge on any atom is 0.295 e. The Hall–Kier alpha value is -3.03. The number of aliphatic hydroxyl groups excluding tert-OH is 1. The summed E-state index contributed by atoms with van der Waals surface area (Å²) < 4.78 is 10.5. The Labute approximate surface area is 186 Å². The van der Waals surface area contributed by atoms with Crippen molar-refractivity contribution in [3.8, 4) is 11.5 Å². The summed E-state index contributed by atoms with van der Waals surface area (Å²) in [5.74, 6) is -0.660. The number of benzene rings is 2. The SMILES string of the molecule is COc1cccc([C@@H]2/C(=C(\O)c3ccc(OC)c(Cl)c3)C(=O)C(=O)N2CCN(C)C)c1. The van der Waals surface area contributed by atoms with Crippen molar-refractivity contribution < 1.29 is 24.2 Å². The minimum absolute atomic E-state index is 0.0123. The number of methoxy groups -OCH3 is 2. The Morgan fingerprint density at radius 2 is 1.87 bits per heavy atom. The van der Waals surface area contributed by atoms with E-state index in [4.69, 9.17) is 21.1 Å². The highest BCUT2D eigenvalue weighted by atomic mass is 35.5. The molecule has 0 saturated carbocycles. The molecule has 2 aromatic carbocycles. The molecule has 1 amide bonds. The van der Waals surface area contributed by atoms with Crippen molar-refractivity contribution in [2.75, 3.05) is 41.4 Å². The van der Waals surface area contributed by atoms with E-state index in [1.807, 2.05) is 19.0 Å². The largest absolute Gasteiger partial charge is 0.507 e. The average molecular weight is 445 g/mol. The van der Waals surface area contributed by atoms with Crippen molar-refractivity contribution in [3.05, 3.63) is 64.2 Å². The van der Waals surface area contributed by atoms with Crippen LogP contribution in [0.1, 0.15) is 17.2 Å². The predicted molar refractivity (Wildman–Crippen MR) is 119 cm³/mol. The molecule has 0 spiro atoms. The number of carbonyl (C=O) groups excluding carboxylic acids is 2. The van der Waals surface area contributed by atoms with Gasteiger partial charge in [0.15, 0.2) is 0 Å². The zero-order chi connectivity index (χ0) is 22.7. The molecule has 7 nitrogen and oxygen atoms in total. The van der Waals surface area contributed by atoms with Gasteiger partial charge in [0.2, 0.25) is 0 Å². The van der Waals surface area contributed by atoms with Gasteiger partial charge in [-0.25, -0.2) is 0 Å². The van der Waals surface area contributed by atoms with Gasteiger partial charge in [0.1, 0.15) is 17.3 Å². The minimum atomic E-state index is -0.754. The predicted octanol–water partition coefficient (Wildman–Crippen LogP) is 3.34. The number of nitrogens with zero attached hydrogens (tertiary/aromatic N) is 2. The Balaban J connectivity index is 2.17. The van der Waals surface area contributed by atoms with Gasteiger partial charge in [0.25, 0.3) is 11.7 Å². The van der Waals surface area contributed by atoms with Gasteiger partial charge in [-0.05, 0) is 50.0 Å². The van der Waals surface area contributed by atoms with E-state index in [9.17, 15) is 14.7 Å². The Kier molecular flexibility index (Phi) is 6.87. The molecule has 1 N–H and O–H groups in total. The molecule has 0 unspecified atom stereocenters. The third-order valence-electron chi connectivity index (χ3n) is 5.16. The lowest BCUT2D eigenvalue weighted by Gasteiger charge is -2.26. The zero-order valence-corrected chi connectivity index (χ0v) is 18.6. The standard InChI is InChI=1S/C23H25ClN2O5/c1-25(2)10-11-26-20(14-6-5-7-16(12-14)30-3)19(22(28)23(26)29)21(27)15-8-9-18(31-4)17(24)13-15/h5-9,12-13,20,27H,10-11H2,1-4H3/b21-19+/t20-/m1/s1. The summed E-state index contributed by atoms with van der Waals surface area (Å²) in [4.78, 5) is 29.3.